The van der Waals surface area contributed by atoms with E-state index in [0.717, 1.165) is 23.9 Å². The van der Waals surface area contributed by atoms with Crippen molar-refractivity contribution in [1.29, 1.82) is 5.41 Å². The lowest BCUT2D eigenvalue weighted by Crippen LogP contribution is -2.33. The molecule has 15 heavy (non-hydrogen) atoms. The Bertz CT molecular complexity index is 323. The highest BCUT2D eigenvalue weighted by Gasteiger charge is 2.03. The third kappa shape index (κ3) is 3.74. The van der Waals surface area contributed by atoms with Crippen molar-refractivity contribution < 1.29 is 0 Å². The summed E-state index contributed by atoms with van der Waals surface area (Å²) in [6.07, 6.45) is 0.938. The molecule has 0 atom stereocenters. The van der Waals surface area contributed by atoms with Gasteiger partial charge in [0.25, 0.3) is 0 Å². The lowest BCUT2D eigenvalue weighted by molar-refractivity contribution is 0.494. The summed E-state index contributed by atoms with van der Waals surface area (Å²) in [6, 6.07) is 0. The average molecular weight is 229 g/mol. The highest BCUT2D eigenvalue weighted by atomic mass is 32.2. The van der Waals surface area contributed by atoms with Crippen molar-refractivity contribution in [2.24, 2.45) is 12.8 Å². The Labute approximate surface area is 92.5 Å². The molecule has 1 aromatic rings. The number of nitrogens with zero attached hydrogens (tertiary/aromatic N) is 5. The van der Waals surface area contributed by atoms with Crippen molar-refractivity contribution in [3.8, 4) is 0 Å². The van der Waals surface area contributed by atoms with E-state index in [0.29, 0.717) is 0 Å². The van der Waals surface area contributed by atoms with Crippen LogP contribution in [0.3, 0.4) is 0 Å². The third-order valence-corrected chi connectivity index (χ3v) is 2.96. The Kier molecular flexibility index (Phi) is 4.35. The molecule has 0 aliphatic rings. The Morgan fingerprint density at radius 2 is 2.40 bits per heavy atom. The highest BCUT2D eigenvalue weighted by Crippen LogP contribution is 2.13. The van der Waals surface area contributed by atoms with Gasteiger partial charge in [-0.3, -0.25) is 5.41 Å². The van der Waals surface area contributed by atoms with Crippen LogP contribution in [0.25, 0.3) is 0 Å². The van der Waals surface area contributed by atoms with Crippen LogP contribution in [0, 0.1) is 5.41 Å². The molecule has 8 heteroatoms. The largest absolute Gasteiger partial charge is 0.370 e. The number of aromatic nitrogens is 4. The van der Waals surface area contributed by atoms with Gasteiger partial charge in [0.05, 0.1) is 0 Å². The van der Waals surface area contributed by atoms with E-state index in [1.807, 2.05) is 7.05 Å². The van der Waals surface area contributed by atoms with Crippen LogP contribution in [0.5, 0.6) is 0 Å². The number of aryl methyl sites for hydroxylation is 1. The molecule has 0 amide bonds. The highest BCUT2D eigenvalue weighted by molar-refractivity contribution is 7.99. The van der Waals surface area contributed by atoms with E-state index in [4.69, 9.17) is 11.1 Å². The molecule has 0 saturated heterocycles. The van der Waals surface area contributed by atoms with Crippen LogP contribution in [0.15, 0.2) is 5.16 Å². The van der Waals surface area contributed by atoms with Crippen LogP contribution < -0.4 is 5.73 Å². The Morgan fingerprint density at radius 1 is 1.67 bits per heavy atom. The molecule has 0 saturated carbocycles. The molecule has 0 aliphatic carbocycles. The third-order valence-electron chi connectivity index (χ3n) is 1.86. The van der Waals surface area contributed by atoms with Gasteiger partial charge < -0.3 is 10.6 Å². The first-order valence-electron chi connectivity index (χ1n) is 4.51. The minimum atomic E-state index is 0.0975. The molecule has 0 aliphatic heterocycles. The van der Waals surface area contributed by atoms with Crippen molar-refractivity contribution in [3.63, 3.8) is 0 Å². The fourth-order valence-electron chi connectivity index (χ4n) is 0.929. The molecule has 1 aromatic heterocycles. The number of thioether (sulfide) groups is 1. The van der Waals surface area contributed by atoms with Crippen molar-refractivity contribution >= 4 is 17.7 Å². The number of guanidine groups is 1. The number of rotatable bonds is 5. The van der Waals surface area contributed by atoms with Gasteiger partial charge in [-0.05, 0) is 16.8 Å². The van der Waals surface area contributed by atoms with Gasteiger partial charge in [-0.25, -0.2) is 4.68 Å². The Hall–Kier alpha value is -1.31. The number of hydrogen-bond acceptors (Lipinski definition) is 5. The van der Waals surface area contributed by atoms with E-state index in [1.165, 1.54) is 0 Å². The molecule has 0 aromatic carbocycles. The SMILES string of the molecule is CN(CCCSc1nnnn1C)C(=N)N. The van der Waals surface area contributed by atoms with Crippen molar-refractivity contribution in [2.45, 2.75) is 11.6 Å². The Balaban J connectivity index is 2.17. The summed E-state index contributed by atoms with van der Waals surface area (Å²) in [5.41, 5.74) is 5.30. The molecule has 3 N–H and O–H groups in total. The lowest BCUT2D eigenvalue weighted by atomic mass is 10.4. The summed E-state index contributed by atoms with van der Waals surface area (Å²) in [6.45, 7) is 0.771. The molecule has 0 unspecified atom stereocenters. The summed E-state index contributed by atoms with van der Waals surface area (Å²) >= 11 is 1.60. The predicted octanol–water partition coefficient (Wildman–Crippen LogP) is -0.482. The topological polar surface area (TPSA) is 96.7 Å². The molecule has 0 spiro atoms. The van der Waals surface area contributed by atoms with Crippen molar-refractivity contribution in [2.75, 3.05) is 19.3 Å². The fraction of sp³-hybridized carbons (Fsp3) is 0.714. The number of nitrogens with one attached hydrogen (secondary N) is 1. The molecule has 0 radical (unpaired) electrons. The molecule has 1 heterocycles. The maximum Gasteiger partial charge on any atom is 0.209 e. The smallest absolute Gasteiger partial charge is 0.209 e. The molecular formula is C7H15N7S. The zero-order valence-electron chi connectivity index (χ0n) is 8.84. The second kappa shape index (κ2) is 5.54. The standard InChI is InChI=1S/C7H15N7S/c1-13(6(8)9)4-3-5-15-7-10-11-12-14(7)2/h3-5H2,1-2H3,(H3,8,9). The molecule has 0 fully saturated rings. The molecule has 0 bridgehead atoms. The predicted molar refractivity (Wildman–Crippen MR) is 58.7 cm³/mol. The van der Waals surface area contributed by atoms with E-state index in [2.05, 4.69) is 15.5 Å². The van der Waals surface area contributed by atoms with Gasteiger partial charge in [0, 0.05) is 26.4 Å². The van der Waals surface area contributed by atoms with Crippen LogP contribution in [-0.4, -0.2) is 50.4 Å². The first kappa shape index (κ1) is 11.8. The number of tetrazole rings is 1. The monoisotopic (exact) mass is 229 g/mol. The summed E-state index contributed by atoms with van der Waals surface area (Å²) < 4.78 is 1.64. The zero-order chi connectivity index (χ0) is 11.3. The second-order valence-corrected chi connectivity index (χ2v) is 4.16. The summed E-state index contributed by atoms with van der Waals surface area (Å²) in [5.74, 6) is 1.01. The van der Waals surface area contributed by atoms with Crippen LogP contribution in [0.1, 0.15) is 6.42 Å². The van der Waals surface area contributed by atoms with Crippen LogP contribution in [0.2, 0.25) is 0 Å². The maximum absolute atomic E-state index is 7.17. The quantitative estimate of drug-likeness (QED) is 0.306. The van der Waals surface area contributed by atoms with E-state index in [1.54, 1.807) is 28.4 Å². The van der Waals surface area contributed by atoms with Gasteiger partial charge in [-0.15, -0.1) is 5.10 Å². The van der Waals surface area contributed by atoms with Crippen LogP contribution in [0.4, 0.5) is 0 Å². The van der Waals surface area contributed by atoms with Crippen LogP contribution in [-0.2, 0) is 7.05 Å². The average Bonchev–Trinajstić information content (AvgIpc) is 2.58. The van der Waals surface area contributed by atoms with E-state index in [-0.39, 0.29) is 5.96 Å². The fourth-order valence-corrected chi connectivity index (χ4v) is 1.70. The van der Waals surface area contributed by atoms with Crippen LogP contribution >= 0.6 is 11.8 Å². The van der Waals surface area contributed by atoms with Gasteiger partial charge in [-0.2, -0.15) is 0 Å². The normalized spacial score (nSPS) is 10.3. The van der Waals surface area contributed by atoms with Gasteiger partial charge in [0.1, 0.15) is 0 Å². The maximum atomic E-state index is 7.17. The summed E-state index contributed by atoms with van der Waals surface area (Å²) in [5, 5.41) is 19.1. The van der Waals surface area contributed by atoms with E-state index < -0.39 is 0 Å². The first-order valence-corrected chi connectivity index (χ1v) is 5.50. The summed E-state index contributed by atoms with van der Waals surface area (Å²) in [7, 11) is 3.61. The van der Waals surface area contributed by atoms with Gasteiger partial charge >= 0.3 is 0 Å². The van der Waals surface area contributed by atoms with Gasteiger partial charge in [-0.1, -0.05) is 11.8 Å². The van der Waals surface area contributed by atoms with Crippen molar-refractivity contribution in [1.82, 2.24) is 25.1 Å². The summed E-state index contributed by atoms with van der Waals surface area (Å²) in [4.78, 5) is 1.70. The molecular weight excluding hydrogens is 214 g/mol. The zero-order valence-corrected chi connectivity index (χ0v) is 9.66. The van der Waals surface area contributed by atoms with Gasteiger partial charge in [0.2, 0.25) is 5.16 Å². The minimum absolute atomic E-state index is 0.0975. The lowest BCUT2D eigenvalue weighted by Gasteiger charge is -2.15. The second-order valence-electron chi connectivity index (χ2n) is 3.09. The molecule has 84 valence electrons. The van der Waals surface area contributed by atoms with E-state index in [9.17, 15) is 0 Å². The van der Waals surface area contributed by atoms with E-state index >= 15 is 0 Å². The minimum Gasteiger partial charge on any atom is -0.370 e. The molecule has 1 rings (SSSR count). The first-order chi connectivity index (χ1) is 7.11. The molecule has 7 nitrogen and oxygen atoms in total. The number of hydrogen-bond donors (Lipinski definition) is 2. The number of nitrogens with two attached hydrogens (primary N) is 1. The van der Waals surface area contributed by atoms with Crippen molar-refractivity contribution in [3.05, 3.63) is 0 Å². The Morgan fingerprint density at radius 3 is 2.93 bits per heavy atom. The van der Waals surface area contributed by atoms with Gasteiger partial charge in [0.15, 0.2) is 5.96 Å².